The minimum Gasteiger partial charge on any atom is -0.392 e. The highest BCUT2D eigenvalue weighted by Crippen LogP contribution is 2.57. The number of imidazole rings is 1. The molecule has 3 saturated carbocycles. The van der Waals surface area contributed by atoms with Crippen LogP contribution < -0.4 is 5.32 Å². The van der Waals surface area contributed by atoms with Crippen LogP contribution in [0, 0.1) is 16.6 Å². The highest BCUT2D eigenvalue weighted by molar-refractivity contribution is 5.82. The fourth-order valence-electron chi connectivity index (χ4n) is 6.95. The molecule has 3 fully saturated rings. The number of benzene rings is 2. The molecule has 7 rings (SSSR count). The SMILES string of the molecule is O=C(NCc1ccc(F)cc1)C12CCCC(C(O)CC3c4ccccc4-c4cncn43)(CC1)CC2. The number of aromatic nitrogens is 2. The molecule has 2 N–H and O–H groups in total. The van der Waals surface area contributed by atoms with Crippen LogP contribution in [-0.2, 0) is 11.3 Å². The Labute approximate surface area is 205 Å². The maximum Gasteiger partial charge on any atom is 0.226 e. The van der Waals surface area contributed by atoms with Crippen LogP contribution >= 0.6 is 0 Å². The van der Waals surface area contributed by atoms with Crippen molar-refractivity contribution in [1.29, 1.82) is 0 Å². The zero-order valence-corrected chi connectivity index (χ0v) is 19.9. The molecule has 2 atom stereocenters. The van der Waals surface area contributed by atoms with Crippen molar-refractivity contribution in [2.24, 2.45) is 10.8 Å². The van der Waals surface area contributed by atoms with Gasteiger partial charge in [-0.1, -0.05) is 42.8 Å². The van der Waals surface area contributed by atoms with Crippen molar-refractivity contribution in [2.75, 3.05) is 0 Å². The van der Waals surface area contributed by atoms with Crippen LogP contribution in [0.4, 0.5) is 4.39 Å². The number of carbonyl (C=O) groups excluding carboxylic acids is 1. The molecule has 1 aromatic heterocycles. The predicted octanol–water partition coefficient (Wildman–Crippen LogP) is 5.39. The van der Waals surface area contributed by atoms with E-state index in [1.54, 1.807) is 12.1 Å². The Balaban J connectivity index is 1.15. The molecule has 2 bridgehead atoms. The van der Waals surface area contributed by atoms with E-state index in [0.29, 0.717) is 13.0 Å². The third-order valence-electron chi connectivity index (χ3n) is 9.13. The molecular formula is C29H32FN3O2. The van der Waals surface area contributed by atoms with Crippen LogP contribution in [0.15, 0.2) is 61.1 Å². The van der Waals surface area contributed by atoms with E-state index in [0.717, 1.165) is 56.2 Å². The van der Waals surface area contributed by atoms with Gasteiger partial charge in [0.05, 0.1) is 30.4 Å². The van der Waals surface area contributed by atoms with E-state index in [-0.39, 0.29) is 28.6 Å². The lowest BCUT2D eigenvalue weighted by Crippen LogP contribution is -2.46. The average Bonchev–Trinajstić information content (AvgIpc) is 3.34. The molecule has 0 spiro atoms. The van der Waals surface area contributed by atoms with Gasteiger partial charge in [-0.05, 0) is 73.6 Å². The Hall–Kier alpha value is -2.99. The van der Waals surface area contributed by atoms with Crippen LogP contribution in [0.2, 0.25) is 0 Å². The number of aliphatic hydroxyl groups excluding tert-OH is 1. The summed E-state index contributed by atoms with van der Waals surface area (Å²) in [6, 6.07) is 14.8. The van der Waals surface area contributed by atoms with Gasteiger partial charge in [0.2, 0.25) is 5.91 Å². The van der Waals surface area contributed by atoms with Crippen LogP contribution in [0.3, 0.4) is 0 Å². The van der Waals surface area contributed by atoms with Crippen LogP contribution in [0.25, 0.3) is 11.3 Å². The summed E-state index contributed by atoms with van der Waals surface area (Å²) < 4.78 is 15.4. The van der Waals surface area contributed by atoms with Gasteiger partial charge in [0.25, 0.3) is 0 Å². The molecule has 35 heavy (non-hydrogen) atoms. The number of hydrogen-bond acceptors (Lipinski definition) is 3. The first-order valence-corrected chi connectivity index (χ1v) is 12.8. The van der Waals surface area contributed by atoms with Crippen molar-refractivity contribution < 1.29 is 14.3 Å². The molecular weight excluding hydrogens is 441 g/mol. The number of hydrogen-bond donors (Lipinski definition) is 2. The molecule has 182 valence electrons. The smallest absolute Gasteiger partial charge is 0.226 e. The van der Waals surface area contributed by atoms with Gasteiger partial charge in [-0.15, -0.1) is 0 Å². The molecule has 1 aliphatic heterocycles. The summed E-state index contributed by atoms with van der Waals surface area (Å²) in [6.07, 6.45) is 10.2. The average molecular weight is 474 g/mol. The van der Waals surface area contributed by atoms with Gasteiger partial charge in [-0.2, -0.15) is 0 Å². The second-order valence-corrected chi connectivity index (χ2v) is 10.8. The number of aliphatic hydroxyl groups is 1. The summed E-state index contributed by atoms with van der Waals surface area (Å²) >= 11 is 0. The molecule has 3 aliphatic carbocycles. The van der Waals surface area contributed by atoms with Gasteiger partial charge in [-0.3, -0.25) is 4.79 Å². The number of amides is 1. The topological polar surface area (TPSA) is 67.2 Å². The second kappa shape index (κ2) is 8.59. The van der Waals surface area contributed by atoms with Gasteiger partial charge in [0.1, 0.15) is 5.82 Å². The summed E-state index contributed by atoms with van der Waals surface area (Å²) in [5.41, 5.74) is 4.02. The lowest BCUT2D eigenvalue weighted by Gasteiger charge is -2.45. The molecule has 4 aliphatic rings. The molecule has 0 radical (unpaired) electrons. The Morgan fingerprint density at radius 1 is 1.09 bits per heavy atom. The number of halogens is 1. The summed E-state index contributed by atoms with van der Waals surface area (Å²) in [7, 11) is 0. The van der Waals surface area contributed by atoms with E-state index >= 15 is 0 Å². The van der Waals surface area contributed by atoms with Gasteiger partial charge in [0.15, 0.2) is 0 Å². The van der Waals surface area contributed by atoms with Crippen molar-refractivity contribution in [3.63, 3.8) is 0 Å². The van der Waals surface area contributed by atoms with E-state index < -0.39 is 6.10 Å². The van der Waals surface area contributed by atoms with Crippen molar-refractivity contribution in [3.05, 3.63) is 78.0 Å². The molecule has 1 amide bonds. The largest absolute Gasteiger partial charge is 0.392 e. The lowest BCUT2D eigenvalue weighted by molar-refractivity contribution is -0.135. The number of carbonyl (C=O) groups is 1. The highest BCUT2D eigenvalue weighted by atomic mass is 19.1. The Morgan fingerprint density at radius 3 is 2.66 bits per heavy atom. The Kier molecular flexibility index (Phi) is 5.52. The summed E-state index contributed by atoms with van der Waals surface area (Å²) in [4.78, 5) is 17.7. The second-order valence-electron chi connectivity index (χ2n) is 10.8. The van der Waals surface area contributed by atoms with E-state index in [2.05, 4.69) is 39.1 Å². The minimum absolute atomic E-state index is 0.0991. The fraction of sp³-hybridized carbons (Fsp3) is 0.448. The van der Waals surface area contributed by atoms with E-state index in [4.69, 9.17) is 0 Å². The monoisotopic (exact) mass is 473 g/mol. The summed E-state index contributed by atoms with van der Waals surface area (Å²) in [5.74, 6) is -0.158. The van der Waals surface area contributed by atoms with Gasteiger partial charge >= 0.3 is 0 Å². The van der Waals surface area contributed by atoms with E-state index in [9.17, 15) is 14.3 Å². The van der Waals surface area contributed by atoms with Gasteiger partial charge in [0, 0.05) is 17.5 Å². The highest BCUT2D eigenvalue weighted by Gasteiger charge is 2.52. The zero-order valence-electron chi connectivity index (χ0n) is 19.9. The standard InChI is InChI=1S/C29H32FN3O2/c30-21-8-6-20(7-9-21)17-32-27(35)29-11-3-10-28(12-14-29,13-15-29)26(34)16-24-22-4-1-2-5-23(22)25-18-31-19-33(24)25/h1-2,4-9,18-19,24,26,34H,3,10-17H2,(H,32,35). The number of rotatable bonds is 6. The molecule has 6 heteroatoms. The van der Waals surface area contributed by atoms with Crippen molar-refractivity contribution in [3.8, 4) is 11.3 Å². The van der Waals surface area contributed by atoms with Gasteiger partial charge in [-0.25, -0.2) is 9.37 Å². The Bertz CT molecular complexity index is 1230. The maximum absolute atomic E-state index is 13.3. The number of nitrogens with one attached hydrogen (secondary N) is 1. The van der Waals surface area contributed by atoms with Crippen LogP contribution in [-0.4, -0.2) is 26.7 Å². The van der Waals surface area contributed by atoms with Crippen LogP contribution in [0.1, 0.15) is 68.5 Å². The predicted molar refractivity (Wildman–Crippen MR) is 132 cm³/mol. The normalized spacial score (nSPS) is 27.7. The molecule has 2 aromatic carbocycles. The third-order valence-corrected chi connectivity index (χ3v) is 9.13. The molecule has 0 saturated heterocycles. The quantitative estimate of drug-likeness (QED) is 0.504. The van der Waals surface area contributed by atoms with E-state index in [1.165, 1.54) is 23.3 Å². The molecule has 3 aromatic rings. The fourth-order valence-corrected chi connectivity index (χ4v) is 6.95. The molecule has 2 unspecified atom stereocenters. The minimum atomic E-state index is -0.424. The third kappa shape index (κ3) is 3.79. The van der Waals surface area contributed by atoms with Crippen molar-refractivity contribution in [1.82, 2.24) is 14.9 Å². The molecule has 2 heterocycles. The van der Waals surface area contributed by atoms with Crippen molar-refractivity contribution >= 4 is 5.91 Å². The van der Waals surface area contributed by atoms with Crippen LogP contribution in [0.5, 0.6) is 0 Å². The summed E-state index contributed by atoms with van der Waals surface area (Å²) in [6.45, 7) is 0.420. The first-order chi connectivity index (χ1) is 17.0. The lowest BCUT2D eigenvalue weighted by atomic mass is 9.62. The number of nitrogens with zero attached hydrogens (tertiary/aromatic N) is 2. The maximum atomic E-state index is 13.3. The molecule has 5 nitrogen and oxygen atoms in total. The van der Waals surface area contributed by atoms with E-state index in [1.807, 2.05) is 12.5 Å². The van der Waals surface area contributed by atoms with Crippen molar-refractivity contribution in [2.45, 2.75) is 70.1 Å². The first-order valence-electron chi connectivity index (χ1n) is 12.8. The first kappa shape index (κ1) is 22.5. The Morgan fingerprint density at radius 2 is 1.86 bits per heavy atom. The zero-order chi connectivity index (χ0) is 24.0. The number of fused-ring (bicyclic) bond motifs is 7. The summed E-state index contributed by atoms with van der Waals surface area (Å²) in [5, 5.41) is 14.8. The van der Waals surface area contributed by atoms with Gasteiger partial charge < -0.3 is 15.0 Å².